The fraction of sp³-hybridized carbons (Fsp3) is 0.308. The van der Waals surface area contributed by atoms with Crippen LogP contribution in [0.2, 0.25) is 0 Å². The summed E-state index contributed by atoms with van der Waals surface area (Å²) in [5.41, 5.74) is 0.546. The second kappa shape index (κ2) is 4.34. The van der Waals surface area contributed by atoms with E-state index in [1.165, 1.54) is 13.2 Å². The molecule has 0 spiro atoms. The Morgan fingerprint density at radius 1 is 1.33 bits per heavy atom. The summed E-state index contributed by atoms with van der Waals surface area (Å²) < 4.78 is 10.1. The Morgan fingerprint density at radius 2 is 2.00 bits per heavy atom. The number of aliphatic hydroxyl groups excluding tert-OH is 1. The van der Waals surface area contributed by atoms with Crippen molar-refractivity contribution in [1.29, 1.82) is 0 Å². The van der Waals surface area contributed by atoms with Crippen molar-refractivity contribution in [2.45, 2.75) is 20.5 Å². The Labute approximate surface area is 103 Å². The molecule has 0 aliphatic heterocycles. The Balaban J connectivity index is 3.10. The fourth-order valence-corrected chi connectivity index (χ4v) is 2.16. The third-order valence-electron chi connectivity index (χ3n) is 3.07. The smallest absolute Gasteiger partial charge is 0.347 e. The van der Waals surface area contributed by atoms with Gasteiger partial charge in [-0.25, -0.2) is 4.79 Å². The predicted octanol–water partition coefficient (Wildman–Crippen LogP) is 1.62. The molecule has 0 amide bonds. The molecular weight excluding hydrogens is 236 g/mol. The van der Waals surface area contributed by atoms with Gasteiger partial charge in [0.1, 0.15) is 22.6 Å². The summed E-state index contributed by atoms with van der Waals surface area (Å²) in [5.74, 6) is 0.585. The number of ether oxygens (including phenoxy) is 1. The molecule has 0 atom stereocenters. The average molecular weight is 250 g/mol. The molecule has 0 bridgehead atoms. The number of methoxy groups -OCH3 is 1. The first kappa shape index (κ1) is 12.4. The summed E-state index contributed by atoms with van der Waals surface area (Å²) in [7, 11) is 1.48. The predicted molar refractivity (Wildman–Crippen MR) is 66.1 cm³/mol. The molecule has 5 heteroatoms. The average Bonchev–Trinajstić information content (AvgIpc) is 2.33. The SMILES string of the molecule is COc1cc(O)c2c(=O)oc(C)c(CO)c2c1C. The molecule has 2 aromatic rings. The lowest BCUT2D eigenvalue weighted by atomic mass is 10.00. The van der Waals surface area contributed by atoms with E-state index in [9.17, 15) is 15.0 Å². The number of aryl methyl sites for hydroxylation is 2. The summed E-state index contributed by atoms with van der Waals surface area (Å²) in [6.45, 7) is 3.08. The van der Waals surface area contributed by atoms with Crippen molar-refractivity contribution >= 4 is 10.8 Å². The van der Waals surface area contributed by atoms with Gasteiger partial charge < -0.3 is 19.4 Å². The van der Waals surface area contributed by atoms with E-state index in [2.05, 4.69) is 0 Å². The van der Waals surface area contributed by atoms with Gasteiger partial charge in [0.2, 0.25) is 0 Å². The lowest BCUT2D eigenvalue weighted by molar-refractivity contribution is 0.276. The maximum Gasteiger partial charge on any atom is 0.347 e. The van der Waals surface area contributed by atoms with Gasteiger partial charge >= 0.3 is 5.63 Å². The monoisotopic (exact) mass is 250 g/mol. The molecule has 0 saturated carbocycles. The van der Waals surface area contributed by atoms with Crippen LogP contribution >= 0.6 is 0 Å². The third kappa shape index (κ3) is 1.64. The molecule has 0 unspecified atom stereocenters. The number of benzene rings is 1. The van der Waals surface area contributed by atoms with E-state index in [-0.39, 0.29) is 17.7 Å². The van der Waals surface area contributed by atoms with Crippen LogP contribution in [0.3, 0.4) is 0 Å². The number of fused-ring (bicyclic) bond motifs is 1. The van der Waals surface area contributed by atoms with Crippen LogP contribution in [0, 0.1) is 13.8 Å². The maximum atomic E-state index is 11.8. The minimum absolute atomic E-state index is 0.0722. The molecule has 1 aromatic heterocycles. The second-order valence-electron chi connectivity index (χ2n) is 4.06. The summed E-state index contributed by atoms with van der Waals surface area (Å²) in [4.78, 5) is 11.8. The fourth-order valence-electron chi connectivity index (χ4n) is 2.16. The lowest BCUT2D eigenvalue weighted by Crippen LogP contribution is -2.07. The van der Waals surface area contributed by atoms with Crippen LogP contribution in [0.4, 0.5) is 0 Å². The molecule has 96 valence electrons. The minimum Gasteiger partial charge on any atom is -0.507 e. The molecule has 1 heterocycles. The van der Waals surface area contributed by atoms with Crippen molar-refractivity contribution in [3.63, 3.8) is 0 Å². The van der Waals surface area contributed by atoms with E-state index in [0.29, 0.717) is 28.0 Å². The van der Waals surface area contributed by atoms with Gasteiger partial charge in [-0.1, -0.05) is 0 Å². The molecule has 2 rings (SSSR count). The van der Waals surface area contributed by atoms with E-state index in [4.69, 9.17) is 9.15 Å². The Hall–Kier alpha value is -2.01. The lowest BCUT2D eigenvalue weighted by Gasteiger charge is -2.13. The van der Waals surface area contributed by atoms with Crippen LogP contribution in [0.1, 0.15) is 16.9 Å². The van der Waals surface area contributed by atoms with Crippen molar-refractivity contribution < 1.29 is 19.4 Å². The van der Waals surface area contributed by atoms with Gasteiger partial charge in [-0.2, -0.15) is 0 Å². The highest BCUT2D eigenvalue weighted by Gasteiger charge is 2.18. The van der Waals surface area contributed by atoms with Crippen molar-refractivity contribution in [3.8, 4) is 11.5 Å². The van der Waals surface area contributed by atoms with Crippen molar-refractivity contribution in [2.24, 2.45) is 0 Å². The molecule has 0 aliphatic carbocycles. The number of phenols is 1. The number of hydrogen-bond donors (Lipinski definition) is 2. The van der Waals surface area contributed by atoms with E-state index >= 15 is 0 Å². The number of hydrogen-bond acceptors (Lipinski definition) is 5. The van der Waals surface area contributed by atoms with Crippen molar-refractivity contribution in [1.82, 2.24) is 0 Å². The van der Waals surface area contributed by atoms with E-state index < -0.39 is 5.63 Å². The van der Waals surface area contributed by atoms with E-state index in [1.807, 2.05) is 0 Å². The topological polar surface area (TPSA) is 79.9 Å². The van der Waals surface area contributed by atoms with Crippen LogP contribution in [0.25, 0.3) is 10.8 Å². The molecule has 5 nitrogen and oxygen atoms in total. The number of rotatable bonds is 2. The second-order valence-corrected chi connectivity index (χ2v) is 4.06. The van der Waals surface area contributed by atoms with Gasteiger partial charge in [-0.3, -0.25) is 0 Å². The maximum absolute atomic E-state index is 11.8. The highest BCUT2D eigenvalue weighted by Crippen LogP contribution is 2.35. The Bertz CT molecular complexity index is 669. The zero-order valence-electron chi connectivity index (χ0n) is 10.4. The van der Waals surface area contributed by atoms with Gasteiger partial charge in [0.25, 0.3) is 0 Å². The minimum atomic E-state index is -0.622. The van der Waals surface area contributed by atoms with Crippen molar-refractivity contribution in [2.75, 3.05) is 7.11 Å². The van der Waals surface area contributed by atoms with Gasteiger partial charge in [-0.05, 0) is 19.4 Å². The summed E-state index contributed by atoms with van der Waals surface area (Å²) in [6, 6.07) is 1.37. The van der Waals surface area contributed by atoms with Crippen LogP contribution < -0.4 is 10.4 Å². The highest BCUT2D eigenvalue weighted by atomic mass is 16.5. The van der Waals surface area contributed by atoms with Crippen LogP contribution in [-0.4, -0.2) is 17.3 Å². The zero-order chi connectivity index (χ0) is 13.4. The molecule has 0 saturated heterocycles. The number of aromatic hydroxyl groups is 1. The standard InChI is InChI=1S/C13H14O5/c1-6-10(17-3)4-9(15)12-11(6)8(5-14)7(2)18-13(12)16/h4,14-15H,5H2,1-3H3. The summed E-state index contributed by atoms with van der Waals surface area (Å²) >= 11 is 0. The first-order chi connectivity index (χ1) is 8.51. The largest absolute Gasteiger partial charge is 0.507 e. The van der Waals surface area contributed by atoms with Crippen molar-refractivity contribution in [3.05, 3.63) is 33.4 Å². The first-order valence-corrected chi connectivity index (χ1v) is 5.45. The van der Waals surface area contributed by atoms with E-state index in [0.717, 1.165) is 0 Å². The molecule has 0 aliphatic rings. The highest BCUT2D eigenvalue weighted by molar-refractivity contribution is 5.94. The number of phenolic OH excluding ortho intramolecular Hbond substituents is 1. The molecule has 0 fully saturated rings. The van der Waals surface area contributed by atoms with E-state index in [1.54, 1.807) is 13.8 Å². The quantitative estimate of drug-likeness (QED) is 0.846. The van der Waals surface area contributed by atoms with Crippen LogP contribution in [0.5, 0.6) is 11.5 Å². The summed E-state index contributed by atoms with van der Waals surface area (Å²) in [6.07, 6.45) is 0. The van der Waals surface area contributed by atoms with Gasteiger partial charge in [0.15, 0.2) is 0 Å². The first-order valence-electron chi connectivity index (χ1n) is 5.45. The van der Waals surface area contributed by atoms with Crippen LogP contribution in [0.15, 0.2) is 15.3 Å². The van der Waals surface area contributed by atoms with Gasteiger partial charge in [0.05, 0.1) is 13.7 Å². The number of aliphatic hydroxyl groups is 1. The zero-order valence-corrected chi connectivity index (χ0v) is 10.4. The Kier molecular flexibility index (Phi) is 3.00. The molecule has 2 N–H and O–H groups in total. The molecule has 18 heavy (non-hydrogen) atoms. The normalized spacial score (nSPS) is 10.9. The van der Waals surface area contributed by atoms with Crippen LogP contribution in [-0.2, 0) is 6.61 Å². The molecule has 1 aromatic carbocycles. The third-order valence-corrected chi connectivity index (χ3v) is 3.07. The molecular formula is C13H14O5. The Morgan fingerprint density at radius 3 is 2.56 bits per heavy atom. The van der Waals surface area contributed by atoms with Gasteiger partial charge in [0, 0.05) is 17.0 Å². The summed E-state index contributed by atoms with van der Waals surface area (Å²) in [5, 5.41) is 19.8. The van der Waals surface area contributed by atoms with Gasteiger partial charge in [-0.15, -0.1) is 0 Å². The molecule has 0 radical (unpaired) electrons.